The van der Waals surface area contributed by atoms with E-state index < -0.39 is 10.8 Å². The number of rotatable bonds is 5. The molecule has 0 radical (unpaired) electrons. The summed E-state index contributed by atoms with van der Waals surface area (Å²) >= 11 is 0. The molecule has 0 saturated heterocycles. The molecule has 2 nitrogen and oxygen atoms in total. The molecule has 4 unspecified atom stereocenters. The molecule has 0 amide bonds. The molecule has 1 N–H and O–H groups in total. The average molecular weight is 231 g/mol. The van der Waals surface area contributed by atoms with Gasteiger partial charge in [0, 0.05) is 23.1 Å². The molecule has 0 aliphatic heterocycles. The first-order chi connectivity index (χ1) is 7.19. The van der Waals surface area contributed by atoms with E-state index in [1.165, 1.54) is 25.7 Å². The van der Waals surface area contributed by atoms with E-state index in [2.05, 4.69) is 19.2 Å². The predicted molar refractivity (Wildman–Crippen MR) is 67.6 cm³/mol. The molecule has 0 aromatic carbocycles. The quantitative estimate of drug-likeness (QED) is 0.787. The first-order valence-corrected chi connectivity index (χ1v) is 7.86. The van der Waals surface area contributed by atoms with Crippen LogP contribution in [0.15, 0.2) is 0 Å². The zero-order valence-corrected chi connectivity index (χ0v) is 11.1. The first kappa shape index (κ1) is 13.2. The summed E-state index contributed by atoms with van der Waals surface area (Å²) in [5.74, 6) is 0.818. The molecule has 3 heteroatoms. The highest BCUT2D eigenvalue weighted by Gasteiger charge is 2.31. The minimum atomic E-state index is -0.670. The summed E-state index contributed by atoms with van der Waals surface area (Å²) in [6.45, 7) is 5.37. The molecule has 1 saturated carbocycles. The third-order valence-corrected chi connectivity index (χ3v) is 4.86. The van der Waals surface area contributed by atoms with Crippen LogP contribution in [0.1, 0.15) is 46.0 Å². The maximum Gasteiger partial charge on any atom is 0.0501 e. The fourth-order valence-corrected chi connectivity index (χ4v) is 3.98. The minimum absolute atomic E-state index is 0.384. The van der Waals surface area contributed by atoms with Gasteiger partial charge in [0.1, 0.15) is 0 Å². The number of hydrogen-bond acceptors (Lipinski definition) is 2. The lowest BCUT2D eigenvalue weighted by atomic mass is 9.83. The molecule has 1 aliphatic carbocycles. The molecule has 1 rings (SSSR count). The molecular weight excluding hydrogens is 206 g/mol. The van der Waals surface area contributed by atoms with Crippen molar-refractivity contribution >= 4 is 10.8 Å². The lowest BCUT2D eigenvalue weighted by Gasteiger charge is -2.35. The monoisotopic (exact) mass is 231 g/mol. The van der Waals surface area contributed by atoms with Crippen LogP contribution in [0.5, 0.6) is 0 Å². The maximum absolute atomic E-state index is 11.7. The van der Waals surface area contributed by atoms with Crippen LogP contribution in [0.25, 0.3) is 0 Å². The zero-order chi connectivity index (χ0) is 11.3. The fourth-order valence-electron chi connectivity index (χ4n) is 2.74. The van der Waals surface area contributed by atoms with Crippen molar-refractivity contribution in [3.63, 3.8) is 0 Å². The second-order valence-electron chi connectivity index (χ2n) is 4.67. The molecule has 0 aromatic rings. The zero-order valence-electron chi connectivity index (χ0n) is 10.3. The largest absolute Gasteiger partial charge is 0.313 e. The molecule has 1 aliphatic rings. The van der Waals surface area contributed by atoms with Gasteiger partial charge < -0.3 is 5.32 Å². The Bertz CT molecular complexity index is 208. The molecule has 1 fully saturated rings. The van der Waals surface area contributed by atoms with Crippen molar-refractivity contribution in [2.75, 3.05) is 12.8 Å². The molecule has 90 valence electrons. The van der Waals surface area contributed by atoms with Gasteiger partial charge in [-0.2, -0.15) is 0 Å². The van der Waals surface area contributed by atoms with E-state index in [0.717, 1.165) is 18.9 Å². The SMILES string of the molecule is CCCC1CCC(NCC)C(S(C)=O)C1. The highest BCUT2D eigenvalue weighted by molar-refractivity contribution is 7.85. The van der Waals surface area contributed by atoms with E-state index in [1.807, 2.05) is 6.26 Å². The highest BCUT2D eigenvalue weighted by atomic mass is 32.2. The lowest BCUT2D eigenvalue weighted by molar-refractivity contribution is 0.286. The van der Waals surface area contributed by atoms with Gasteiger partial charge in [0.15, 0.2) is 0 Å². The Morgan fingerprint density at radius 2 is 2.07 bits per heavy atom. The molecule has 0 aromatic heterocycles. The van der Waals surface area contributed by atoms with Gasteiger partial charge in [0.2, 0.25) is 0 Å². The summed E-state index contributed by atoms with van der Waals surface area (Å²) in [6.07, 6.45) is 8.13. The predicted octanol–water partition coefficient (Wildman–Crippen LogP) is 2.31. The van der Waals surface area contributed by atoms with Crippen LogP contribution in [0.3, 0.4) is 0 Å². The minimum Gasteiger partial charge on any atom is -0.313 e. The number of hydrogen-bond donors (Lipinski definition) is 1. The molecule has 15 heavy (non-hydrogen) atoms. The normalized spacial score (nSPS) is 33.9. The first-order valence-electron chi connectivity index (χ1n) is 6.24. The second kappa shape index (κ2) is 6.64. The lowest BCUT2D eigenvalue weighted by Crippen LogP contribution is -2.46. The summed E-state index contributed by atoms with van der Waals surface area (Å²) in [5.41, 5.74) is 0. The smallest absolute Gasteiger partial charge is 0.0501 e. The molecule has 0 heterocycles. The Morgan fingerprint density at radius 1 is 1.33 bits per heavy atom. The standard InChI is InChI=1S/C12H25NOS/c1-4-6-10-7-8-11(13-5-2)12(9-10)15(3)14/h10-13H,4-9H2,1-3H3. The Balaban J connectivity index is 2.52. The topological polar surface area (TPSA) is 29.1 Å². The van der Waals surface area contributed by atoms with Crippen LogP contribution >= 0.6 is 0 Å². The van der Waals surface area contributed by atoms with Gasteiger partial charge in [0.05, 0.1) is 5.25 Å². The Labute approximate surface area is 96.7 Å². The van der Waals surface area contributed by atoms with Crippen LogP contribution in [0, 0.1) is 5.92 Å². The molecule has 0 bridgehead atoms. The van der Waals surface area contributed by atoms with Crippen LogP contribution in [0.4, 0.5) is 0 Å². The third kappa shape index (κ3) is 3.87. The van der Waals surface area contributed by atoms with Crippen molar-refractivity contribution in [3.8, 4) is 0 Å². The number of nitrogens with one attached hydrogen (secondary N) is 1. The van der Waals surface area contributed by atoms with Crippen molar-refractivity contribution in [2.24, 2.45) is 5.92 Å². The average Bonchev–Trinajstić information content (AvgIpc) is 2.21. The molecule has 4 atom stereocenters. The fraction of sp³-hybridized carbons (Fsp3) is 1.00. The third-order valence-electron chi connectivity index (χ3n) is 3.49. The summed E-state index contributed by atoms with van der Waals surface area (Å²) in [7, 11) is -0.670. The van der Waals surface area contributed by atoms with Crippen molar-refractivity contribution in [2.45, 2.75) is 57.2 Å². The Morgan fingerprint density at radius 3 is 2.60 bits per heavy atom. The van der Waals surface area contributed by atoms with Crippen LogP contribution in [-0.4, -0.2) is 28.3 Å². The van der Waals surface area contributed by atoms with E-state index in [-0.39, 0.29) is 0 Å². The van der Waals surface area contributed by atoms with Gasteiger partial charge in [-0.25, -0.2) is 0 Å². The summed E-state index contributed by atoms with van der Waals surface area (Å²) in [4.78, 5) is 0. The van der Waals surface area contributed by atoms with E-state index in [9.17, 15) is 4.21 Å². The van der Waals surface area contributed by atoms with Crippen molar-refractivity contribution in [3.05, 3.63) is 0 Å². The van der Waals surface area contributed by atoms with Gasteiger partial charge in [-0.3, -0.25) is 4.21 Å². The van der Waals surface area contributed by atoms with Crippen molar-refractivity contribution in [1.29, 1.82) is 0 Å². The van der Waals surface area contributed by atoms with Crippen LogP contribution < -0.4 is 5.32 Å². The molecular formula is C12H25NOS. The Kier molecular flexibility index (Phi) is 5.83. The van der Waals surface area contributed by atoms with Crippen molar-refractivity contribution in [1.82, 2.24) is 5.32 Å². The van der Waals surface area contributed by atoms with Gasteiger partial charge in [-0.1, -0.05) is 26.7 Å². The van der Waals surface area contributed by atoms with Gasteiger partial charge in [0.25, 0.3) is 0 Å². The molecule has 0 spiro atoms. The van der Waals surface area contributed by atoms with Crippen LogP contribution in [-0.2, 0) is 10.8 Å². The second-order valence-corrected chi connectivity index (χ2v) is 6.27. The van der Waals surface area contributed by atoms with E-state index in [4.69, 9.17) is 0 Å². The van der Waals surface area contributed by atoms with Crippen molar-refractivity contribution < 1.29 is 4.21 Å². The van der Waals surface area contributed by atoms with E-state index in [1.54, 1.807) is 0 Å². The maximum atomic E-state index is 11.7. The summed E-state index contributed by atoms with van der Waals surface area (Å²) in [5, 5.41) is 3.87. The van der Waals surface area contributed by atoms with E-state index in [0.29, 0.717) is 11.3 Å². The van der Waals surface area contributed by atoms with Gasteiger partial charge in [-0.05, 0) is 31.7 Å². The van der Waals surface area contributed by atoms with Crippen LogP contribution in [0.2, 0.25) is 0 Å². The highest BCUT2D eigenvalue weighted by Crippen LogP contribution is 2.30. The van der Waals surface area contributed by atoms with Gasteiger partial charge in [-0.15, -0.1) is 0 Å². The summed E-state index contributed by atoms with van der Waals surface area (Å²) < 4.78 is 11.7. The van der Waals surface area contributed by atoms with Gasteiger partial charge >= 0.3 is 0 Å². The summed E-state index contributed by atoms with van der Waals surface area (Å²) in [6, 6.07) is 0.494. The Hall–Kier alpha value is 0.110. The van der Waals surface area contributed by atoms with E-state index >= 15 is 0 Å².